The number of fused-ring (bicyclic) bond motifs is 1. The summed E-state index contributed by atoms with van der Waals surface area (Å²) in [5.41, 5.74) is 1.84. The van der Waals surface area contributed by atoms with Crippen molar-refractivity contribution >= 4 is 34.2 Å². The van der Waals surface area contributed by atoms with Gasteiger partial charge in [-0.3, -0.25) is 4.79 Å². The van der Waals surface area contributed by atoms with Crippen LogP contribution in [0.5, 0.6) is 11.5 Å². The smallest absolute Gasteiger partial charge is 0.323 e. The predicted molar refractivity (Wildman–Crippen MR) is 110 cm³/mol. The quantitative estimate of drug-likeness (QED) is 0.551. The largest absolute Gasteiger partial charge is 0.493 e. The van der Waals surface area contributed by atoms with Crippen LogP contribution in [-0.4, -0.2) is 29.6 Å². The zero-order chi connectivity index (χ0) is 20.3. The van der Waals surface area contributed by atoms with Gasteiger partial charge in [-0.1, -0.05) is 25.4 Å². The molecule has 7 nitrogen and oxygen atoms in total. The van der Waals surface area contributed by atoms with E-state index >= 15 is 0 Å². The van der Waals surface area contributed by atoms with Crippen molar-refractivity contribution in [3.8, 4) is 11.5 Å². The first-order valence-electron chi connectivity index (χ1n) is 8.91. The molecule has 0 saturated heterocycles. The van der Waals surface area contributed by atoms with Gasteiger partial charge in [-0.2, -0.15) is 0 Å². The molecule has 1 amide bonds. The Morgan fingerprint density at radius 1 is 1.18 bits per heavy atom. The molecule has 0 bridgehead atoms. The number of aromatic nitrogens is 2. The summed E-state index contributed by atoms with van der Waals surface area (Å²) in [6.45, 7) is 4.72. The van der Waals surface area contributed by atoms with Gasteiger partial charge in [0.05, 0.1) is 29.8 Å². The number of carbonyl (C=O) groups is 1. The summed E-state index contributed by atoms with van der Waals surface area (Å²) < 4.78 is 11.1. The van der Waals surface area contributed by atoms with E-state index in [1.807, 2.05) is 0 Å². The molecule has 0 unspecified atom stereocenters. The van der Waals surface area contributed by atoms with Crippen LogP contribution in [0.25, 0.3) is 11.0 Å². The van der Waals surface area contributed by atoms with Gasteiger partial charge in [-0.25, -0.2) is 4.79 Å². The standard InChI is InChI=1S/C20H22ClN3O4/c1-11(2)6-7-28-18-14(21)8-12(9-17(18)27-3)19(25)22-13-4-5-15-16(10-13)24-20(26)23-15/h4-5,8-11H,6-7H2,1-3H3,(H,22,25)(H2,23,24,26). The van der Waals surface area contributed by atoms with Gasteiger partial charge in [-0.15, -0.1) is 0 Å². The number of aromatic amines is 2. The molecule has 0 fully saturated rings. The summed E-state index contributed by atoms with van der Waals surface area (Å²) in [4.78, 5) is 29.3. The normalized spacial score (nSPS) is 11.0. The zero-order valence-corrected chi connectivity index (χ0v) is 16.6. The average molecular weight is 404 g/mol. The van der Waals surface area contributed by atoms with Gasteiger partial charge in [-0.05, 0) is 42.7 Å². The Morgan fingerprint density at radius 3 is 2.64 bits per heavy atom. The van der Waals surface area contributed by atoms with Crippen LogP contribution in [0.4, 0.5) is 5.69 Å². The number of rotatable bonds is 7. The van der Waals surface area contributed by atoms with Gasteiger partial charge in [0, 0.05) is 11.3 Å². The second-order valence-electron chi connectivity index (χ2n) is 6.81. The summed E-state index contributed by atoms with van der Waals surface area (Å²) >= 11 is 6.33. The van der Waals surface area contributed by atoms with Crippen LogP contribution in [0.2, 0.25) is 5.02 Å². The van der Waals surface area contributed by atoms with Crippen LogP contribution in [-0.2, 0) is 0 Å². The molecule has 3 aromatic rings. The molecule has 2 aromatic carbocycles. The number of hydrogen-bond acceptors (Lipinski definition) is 4. The molecule has 0 spiro atoms. The van der Waals surface area contributed by atoms with Crippen molar-refractivity contribution in [1.29, 1.82) is 0 Å². The Hall–Kier alpha value is -2.93. The molecule has 0 aliphatic rings. The molecular weight excluding hydrogens is 382 g/mol. The van der Waals surface area contributed by atoms with Gasteiger partial charge in [0.1, 0.15) is 0 Å². The number of anilines is 1. The Kier molecular flexibility index (Phi) is 5.94. The number of H-pyrrole nitrogens is 2. The molecule has 3 N–H and O–H groups in total. The van der Waals surface area contributed by atoms with E-state index in [0.29, 0.717) is 51.3 Å². The van der Waals surface area contributed by atoms with Crippen molar-refractivity contribution in [2.24, 2.45) is 5.92 Å². The molecule has 28 heavy (non-hydrogen) atoms. The molecule has 0 radical (unpaired) electrons. The van der Waals surface area contributed by atoms with Crippen LogP contribution in [0.3, 0.4) is 0 Å². The Bertz CT molecular complexity index is 1060. The summed E-state index contributed by atoms with van der Waals surface area (Å²) in [5.74, 6) is 0.966. The molecule has 0 aliphatic heterocycles. The highest BCUT2D eigenvalue weighted by atomic mass is 35.5. The van der Waals surface area contributed by atoms with E-state index in [1.165, 1.54) is 7.11 Å². The molecule has 0 saturated carbocycles. The second kappa shape index (κ2) is 8.39. The van der Waals surface area contributed by atoms with Gasteiger partial charge >= 0.3 is 5.69 Å². The van der Waals surface area contributed by atoms with Gasteiger partial charge in [0.2, 0.25) is 0 Å². The van der Waals surface area contributed by atoms with Crippen molar-refractivity contribution in [3.63, 3.8) is 0 Å². The fourth-order valence-corrected chi connectivity index (χ4v) is 2.97. The molecule has 8 heteroatoms. The van der Waals surface area contributed by atoms with Crippen LogP contribution >= 0.6 is 11.6 Å². The van der Waals surface area contributed by atoms with E-state index in [2.05, 4.69) is 29.1 Å². The first-order chi connectivity index (χ1) is 13.4. The highest BCUT2D eigenvalue weighted by Crippen LogP contribution is 2.37. The van der Waals surface area contributed by atoms with Crippen molar-refractivity contribution in [2.45, 2.75) is 20.3 Å². The first kappa shape index (κ1) is 19.8. The number of methoxy groups -OCH3 is 1. The first-order valence-corrected chi connectivity index (χ1v) is 9.29. The third-order valence-electron chi connectivity index (χ3n) is 4.21. The van der Waals surface area contributed by atoms with Crippen molar-refractivity contribution in [3.05, 3.63) is 51.4 Å². The van der Waals surface area contributed by atoms with E-state index in [4.69, 9.17) is 21.1 Å². The van der Waals surface area contributed by atoms with E-state index in [1.54, 1.807) is 30.3 Å². The SMILES string of the molecule is COc1cc(C(=O)Nc2ccc3[nH]c(=O)[nH]c3c2)cc(Cl)c1OCCC(C)C. The molecule has 0 aliphatic carbocycles. The van der Waals surface area contributed by atoms with Crippen LogP contribution in [0.15, 0.2) is 35.1 Å². The highest BCUT2D eigenvalue weighted by Gasteiger charge is 2.16. The lowest BCUT2D eigenvalue weighted by molar-refractivity contribution is 0.102. The van der Waals surface area contributed by atoms with Crippen LogP contribution in [0.1, 0.15) is 30.6 Å². The monoisotopic (exact) mass is 403 g/mol. The maximum absolute atomic E-state index is 12.6. The average Bonchev–Trinajstić information content (AvgIpc) is 3.01. The number of carbonyl (C=O) groups excluding carboxylic acids is 1. The Labute approximate surface area is 167 Å². The summed E-state index contributed by atoms with van der Waals surface area (Å²) in [7, 11) is 1.50. The summed E-state index contributed by atoms with van der Waals surface area (Å²) in [6, 6.07) is 8.21. The molecular formula is C20H22ClN3O4. The maximum Gasteiger partial charge on any atom is 0.323 e. The minimum atomic E-state index is -0.355. The number of benzene rings is 2. The van der Waals surface area contributed by atoms with Crippen LogP contribution < -0.4 is 20.5 Å². The van der Waals surface area contributed by atoms with Gasteiger partial charge < -0.3 is 24.8 Å². The van der Waals surface area contributed by atoms with Crippen molar-refractivity contribution < 1.29 is 14.3 Å². The van der Waals surface area contributed by atoms with Crippen molar-refractivity contribution in [1.82, 2.24) is 9.97 Å². The number of ether oxygens (including phenoxy) is 2. The molecule has 1 aromatic heterocycles. The third-order valence-corrected chi connectivity index (χ3v) is 4.49. The second-order valence-corrected chi connectivity index (χ2v) is 7.22. The van der Waals surface area contributed by atoms with Crippen LogP contribution in [0, 0.1) is 5.92 Å². The van der Waals surface area contributed by atoms with Crippen molar-refractivity contribution in [2.75, 3.05) is 19.0 Å². The topological polar surface area (TPSA) is 96.2 Å². The number of nitrogens with one attached hydrogen (secondary N) is 3. The minimum absolute atomic E-state index is 0.303. The fourth-order valence-electron chi connectivity index (χ4n) is 2.70. The Balaban J connectivity index is 1.80. The van der Waals surface area contributed by atoms with Gasteiger partial charge in [0.15, 0.2) is 11.5 Å². The number of amides is 1. The van der Waals surface area contributed by atoms with E-state index in [9.17, 15) is 9.59 Å². The van der Waals surface area contributed by atoms with E-state index in [0.717, 1.165) is 6.42 Å². The molecule has 0 atom stereocenters. The third kappa shape index (κ3) is 4.48. The lowest BCUT2D eigenvalue weighted by Crippen LogP contribution is -2.12. The maximum atomic E-state index is 12.6. The van der Waals surface area contributed by atoms with E-state index in [-0.39, 0.29) is 11.6 Å². The van der Waals surface area contributed by atoms with Gasteiger partial charge in [0.25, 0.3) is 5.91 Å². The lowest BCUT2D eigenvalue weighted by atomic mass is 10.1. The highest BCUT2D eigenvalue weighted by molar-refractivity contribution is 6.32. The summed E-state index contributed by atoms with van der Waals surface area (Å²) in [6.07, 6.45) is 0.880. The van der Waals surface area contributed by atoms with E-state index < -0.39 is 0 Å². The molecule has 1 heterocycles. The molecule has 148 valence electrons. The fraction of sp³-hybridized carbons (Fsp3) is 0.300. The number of imidazole rings is 1. The Morgan fingerprint density at radius 2 is 1.93 bits per heavy atom. The summed E-state index contributed by atoms with van der Waals surface area (Å²) in [5, 5.41) is 3.09. The number of halogens is 1. The molecule has 3 rings (SSSR count). The number of hydrogen-bond donors (Lipinski definition) is 3. The zero-order valence-electron chi connectivity index (χ0n) is 15.9. The minimum Gasteiger partial charge on any atom is -0.493 e. The lowest BCUT2D eigenvalue weighted by Gasteiger charge is -2.15. The predicted octanol–water partition coefficient (Wildman–Crippen LogP) is 4.20.